The predicted octanol–water partition coefficient (Wildman–Crippen LogP) is 3.62. The minimum Gasteiger partial charge on any atom is -0.309 e. The smallest absolute Gasteiger partial charge is 0.247 e. The highest BCUT2D eigenvalue weighted by atomic mass is 16.2. The lowest BCUT2D eigenvalue weighted by atomic mass is 9.83. The fourth-order valence-corrected chi connectivity index (χ4v) is 4.48. The molecule has 0 bridgehead atoms. The maximum absolute atomic E-state index is 13.2. The Morgan fingerprint density at radius 3 is 2.93 bits per heavy atom. The average molecular weight is 371 g/mol. The van der Waals surface area contributed by atoms with E-state index in [2.05, 4.69) is 29.1 Å². The Morgan fingerprint density at radius 2 is 2.18 bits per heavy atom. The molecule has 0 N–H and O–H groups in total. The third-order valence-corrected chi connectivity index (χ3v) is 6.21. The fourth-order valence-electron chi connectivity index (χ4n) is 4.48. The molecule has 1 saturated heterocycles. The van der Waals surface area contributed by atoms with Gasteiger partial charge in [0.2, 0.25) is 5.91 Å². The van der Waals surface area contributed by atoms with Gasteiger partial charge in [-0.25, -0.2) is 4.52 Å². The Labute approximate surface area is 163 Å². The largest absolute Gasteiger partial charge is 0.309 e. The summed E-state index contributed by atoms with van der Waals surface area (Å²) in [6, 6.07) is 8.34. The molecular formula is C22H21N5O. The van der Waals surface area contributed by atoms with Crippen LogP contribution in [0.2, 0.25) is 0 Å². The normalized spacial score (nSPS) is 22.0. The lowest BCUT2D eigenvalue weighted by molar-refractivity contribution is -0.123. The Balaban J connectivity index is 1.59. The Bertz CT molecular complexity index is 1120. The maximum atomic E-state index is 13.2. The number of carbonyl (C=O) groups is 1. The number of nitrogens with zero attached hydrogens (tertiary/aromatic N) is 5. The van der Waals surface area contributed by atoms with Gasteiger partial charge in [-0.2, -0.15) is 10.4 Å². The minimum atomic E-state index is -0.839. The van der Waals surface area contributed by atoms with Crippen molar-refractivity contribution >= 4 is 17.1 Å². The van der Waals surface area contributed by atoms with Gasteiger partial charge in [0, 0.05) is 42.5 Å². The third kappa shape index (κ3) is 2.36. The molecule has 2 aliphatic rings. The van der Waals surface area contributed by atoms with E-state index < -0.39 is 5.41 Å². The van der Waals surface area contributed by atoms with E-state index in [4.69, 9.17) is 0 Å². The second-order valence-electron chi connectivity index (χ2n) is 7.73. The molecule has 3 aromatic rings. The molecule has 0 spiro atoms. The molecule has 1 amide bonds. The van der Waals surface area contributed by atoms with E-state index in [1.54, 1.807) is 11.1 Å². The summed E-state index contributed by atoms with van der Waals surface area (Å²) in [6.45, 7) is 2.71. The van der Waals surface area contributed by atoms with Crippen LogP contribution < -0.4 is 4.90 Å². The van der Waals surface area contributed by atoms with Crippen LogP contribution in [0.4, 0.5) is 5.69 Å². The second-order valence-corrected chi connectivity index (χ2v) is 7.73. The molecule has 1 saturated carbocycles. The first-order chi connectivity index (χ1) is 13.7. The molecule has 2 fully saturated rings. The van der Waals surface area contributed by atoms with Gasteiger partial charge in [0.1, 0.15) is 5.41 Å². The molecule has 6 heteroatoms. The van der Waals surface area contributed by atoms with Crippen molar-refractivity contribution in [1.82, 2.24) is 14.6 Å². The highest BCUT2D eigenvalue weighted by Gasteiger charge is 2.56. The highest BCUT2D eigenvalue weighted by molar-refractivity contribution is 6.05. The number of anilines is 1. The third-order valence-electron chi connectivity index (χ3n) is 6.21. The van der Waals surface area contributed by atoms with Crippen molar-refractivity contribution < 1.29 is 4.79 Å². The van der Waals surface area contributed by atoms with Crippen molar-refractivity contribution in [3.05, 3.63) is 48.5 Å². The van der Waals surface area contributed by atoms with Crippen LogP contribution in [0.3, 0.4) is 0 Å². The summed E-state index contributed by atoms with van der Waals surface area (Å²) in [5.74, 6) is 0.168. The van der Waals surface area contributed by atoms with Crippen molar-refractivity contribution in [3.8, 4) is 17.2 Å². The fraction of sp³-hybridized carbons (Fsp3) is 0.364. The molecule has 0 unspecified atom stereocenters. The summed E-state index contributed by atoms with van der Waals surface area (Å²) in [5, 5.41) is 14.2. The molecule has 6 nitrogen and oxygen atoms in total. The first-order valence-corrected chi connectivity index (χ1v) is 9.82. The quantitative estimate of drug-likeness (QED) is 0.702. The zero-order valence-corrected chi connectivity index (χ0v) is 15.8. The Morgan fingerprint density at radius 1 is 1.32 bits per heavy atom. The van der Waals surface area contributed by atoms with Gasteiger partial charge in [-0.1, -0.05) is 6.92 Å². The van der Waals surface area contributed by atoms with E-state index in [1.807, 2.05) is 35.2 Å². The lowest BCUT2D eigenvalue weighted by Crippen LogP contribution is -2.35. The van der Waals surface area contributed by atoms with Crippen LogP contribution in [0, 0.1) is 22.7 Å². The molecule has 140 valence electrons. The molecule has 1 aliphatic heterocycles. The summed E-state index contributed by atoms with van der Waals surface area (Å²) in [4.78, 5) is 19.3. The predicted molar refractivity (Wildman–Crippen MR) is 106 cm³/mol. The van der Waals surface area contributed by atoms with Crippen LogP contribution in [0.15, 0.2) is 43.0 Å². The van der Waals surface area contributed by atoms with Crippen molar-refractivity contribution in [2.75, 3.05) is 11.4 Å². The number of hydrogen-bond donors (Lipinski definition) is 0. The number of fused-ring (bicyclic) bond motifs is 1. The van der Waals surface area contributed by atoms with Crippen LogP contribution in [-0.4, -0.2) is 27.0 Å². The summed E-state index contributed by atoms with van der Waals surface area (Å²) in [6.07, 6.45) is 10.9. The number of pyridine rings is 1. The van der Waals surface area contributed by atoms with Crippen molar-refractivity contribution in [1.29, 1.82) is 5.26 Å². The first kappa shape index (κ1) is 16.9. The summed E-state index contributed by atoms with van der Waals surface area (Å²) in [5.41, 5.74) is 4.20. The van der Waals surface area contributed by atoms with E-state index in [-0.39, 0.29) is 11.8 Å². The van der Waals surface area contributed by atoms with E-state index in [1.165, 1.54) is 5.56 Å². The van der Waals surface area contributed by atoms with Gasteiger partial charge in [-0.15, -0.1) is 0 Å². The van der Waals surface area contributed by atoms with Crippen LogP contribution in [0.1, 0.15) is 31.7 Å². The number of aryl methyl sites for hydroxylation is 1. The molecule has 0 radical (unpaired) electrons. The van der Waals surface area contributed by atoms with E-state index in [9.17, 15) is 10.1 Å². The zero-order chi connectivity index (χ0) is 19.3. The first-order valence-electron chi connectivity index (χ1n) is 9.82. The number of rotatable bonds is 4. The maximum Gasteiger partial charge on any atom is 0.247 e. The van der Waals surface area contributed by atoms with Gasteiger partial charge in [0.05, 0.1) is 17.3 Å². The van der Waals surface area contributed by atoms with Crippen LogP contribution >= 0.6 is 0 Å². The molecule has 3 aromatic heterocycles. The zero-order valence-electron chi connectivity index (χ0n) is 15.8. The van der Waals surface area contributed by atoms with E-state index >= 15 is 0 Å². The molecule has 4 heterocycles. The molecular weight excluding hydrogens is 350 g/mol. The van der Waals surface area contributed by atoms with Crippen molar-refractivity contribution in [2.24, 2.45) is 11.3 Å². The van der Waals surface area contributed by atoms with Crippen LogP contribution in [0.5, 0.6) is 0 Å². The lowest BCUT2D eigenvalue weighted by Gasteiger charge is -2.21. The van der Waals surface area contributed by atoms with Crippen LogP contribution in [0.25, 0.3) is 16.6 Å². The van der Waals surface area contributed by atoms with Gasteiger partial charge >= 0.3 is 0 Å². The number of aromatic nitrogens is 3. The van der Waals surface area contributed by atoms with Crippen molar-refractivity contribution in [2.45, 2.75) is 32.6 Å². The molecule has 1 atom stereocenters. The summed E-state index contributed by atoms with van der Waals surface area (Å²) >= 11 is 0. The molecule has 1 aliphatic carbocycles. The Hall–Kier alpha value is -3.20. The molecule has 0 aromatic carbocycles. The standard InChI is InChI=1S/C22H21N5O/c1-2-15-5-8-24-12-18(15)16-11-20-19(6-9-25-27(20)13-16)26-10-7-22(14-23,21(26)28)17-3-4-17/h5-6,8-9,11-13,17H,2-4,7,10H2,1H3/t22-/m1/s1. The monoisotopic (exact) mass is 371 g/mol. The van der Waals surface area contributed by atoms with Crippen molar-refractivity contribution in [3.63, 3.8) is 0 Å². The summed E-state index contributed by atoms with van der Waals surface area (Å²) < 4.78 is 1.81. The molecule has 5 rings (SSSR count). The topological polar surface area (TPSA) is 74.3 Å². The highest BCUT2D eigenvalue weighted by Crippen LogP contribution is 2.52. The number of amides is 1. The average Bonchev–Trinajstić information content (AvgIpc) is 3.40. The summed E-state index contributed by atoms with van der Waals surface area (Å²) in [7, 11) is 0. The van der Waals surface area contributed by atoms with E-state index in [0.29, 0.717) is 13.0 Å². The Kier molecular flexibility index (Phi) is 3.73. The number of carbonyl (C=O) groups excluding carboxylic acids is 1. The SMILES string of the molecule is CCc1ccncc1-c1cc2c(N3CC[C@@](C#N)(C4CC4)C3=O)ccnn2c1. The molecule has 28 heavy (non-hydrogen) atoms. The van der Waals surface area contributed by atoms with Gasteiger partial charge in [-0.3, -0.25) is 9.78 Å². The van der Waals surface area contributed by atoms with Gasteiger partial charge < -0.3 is 4.90 Å². The van der Waals surface area contributed by atoms with E-state index in [0.717, 1.165) is 41.6 Å². The van der Waals surface area contributed by atoms with Gasteiger partial charge in [0.15, 0.2) is 0 Å². The van der Waals surface area contributed by atoms with Gasteiger partial charge in [0.25, 0.3) is 0 Å². The number of nitriles is 1. The number of hydrogen-bond acceptors (Lipinski definition) is 4. The van der Waals surface area contributed by atoms with Crippen LogP contribution in [-0.2, 0) is 11.2 Å². The second kappa shape index (κ2) is 6.16. The van der Waals surface area contributed by atoms with Gasteiger partial charge in [-0.05, 0) is 55.4 Å². The minimum absolute atomic E-state index is 0.0519.